The number of hydrogen-bond acceptors (Lipinski definition) is 6. The zero-order valence-corrected chi connectivity index (χ0v) is 13.9. The van der Waals surface area contributed by atoms with Crippen molar-refractivity contribution >= 4 is 23.8 Å². The van der Waals surface area contributed by atoms with Crippen LogP contribution in [0, 0.1) is 0 Å². The Balaban J connectivity index is 0.000000151. The average Bonchev–Trinajstić information content (AvgIpc) is 2.65. The third-order valence-corrected chi connectivity index (χ3v) is 5.10. The fourth-order valence-corrected chi connectivity index (χ4v) is 3.71. The van der Waals surface area contributed by atoms with E-state index in [1.807, 2.05) is 0 Å². The van der Waals surface area contributed by atoms with Gasteiger partial charge in [0.15, 0.2) is 0 Å². The molecule has 4 aliphatic heterocycles. The third-order valence-electron chi connectivity index (χ3n) is 5.10. The molecule has 0 spiro atoms. The third kappa shape index (κ3) is 2.67. The van der Waals surface area contributed by atoms with E-state index in [1.54, 1.807) is 12.2 Å². The molecule has 10 nitrogen and oxygen atoms in total. The van der Waals surface area contributed by atoms with E-state index < -0.39 is 24.0 Å². The first-order valence-electron chi connectivity index (χ1n) is 8.30. The molecule has 4 aliphatic rings. The number of nitrogens with two attached hydrogens (primary N) is 2. The number of carboxylic acid groups (broad SMARTS) is 2. The highest BCUT2D eigenvalue weighted by molar-refractivity contribution is 6.00. The van der Waals surface area contributed by atoms with Gasteiger partial charge in [0, 0.05) is 0 Å². The number of β-lactam (4-membered cyclic amide) rings is 2. The lowest BCUT2D eigenvalue weighted by Gasteiger charge is -2.47. The van der Waals surface area contributed by atoms with Gasteiger partial charge in [-0.1, -0.05) is 12.2 Å². The summed E-state index contributed by atoms with van der Waals surface area (Å²) in [6.45, 7) is 0. The van der Waals surface area contributed by atoms with Crippen molar-refractivity contribution in [2.75, 3.05) is 0 Å². The van der Waals surface area contributed by atoms with Gasteiger partial charge in [0.1, 0.15) is 23.5 Å². The molecule has 26 heavy (non-hydrogen) atoms. The molecule has 0 aromatic heterocycles. The normalized spacial score (nSPS) is 31.9. The first-order valence-corrected chi connectivity index (χ1v) is 8.30. The van der Waals surface area contributed by atoms with Crippen molar-refractivity contribution < 1.29 is 29.4 Å². The standard InChI is InChI=1S/2C8H10N2O3/c2*9-6-4-2-1-3-5(8(12)13)10(4)7(6)11/h2*3-4,6H,1-2,9H2,(H,12,13)/t2*4-,6-/m11/s1. The second kappa shape index (κ2) is 6.54. The van der Waals surface area contributed by atoms with Gasteiger partial charge in [-0.15, -0.1) is 0 Å². The van der Waals surface area contributed by atoms with Gasteiger partial charge in [-0.3, -0.25) is 19.4 Å². The monoisotopic (exact) mass is 364 g/mol. The lowest BCUT2D eigenvalue weighted by atomic mass is 9.87. The molecule has 0 aromatic rings. The SMILES string of the molecule is N[C@H]1C(=O)N2C(C(=O)O)=CCC[C@H]12.N[C@H]1C(=O)N2C(C(=O)O)=CCC[C@H]12. The molecule has 2 amide bonds. The van der Waals surface area contributed by atoms with E-state index >= 15 is 0 Å². The second-order valence-electron chi connectivity index (χ2n) is 6.55. The Morgan fingerprint density at radius 2 is 1.19 bits per heavy atom. The van der Waals surface area contributed by atoms with Crippen molar-refractivity contribution in [2.45, 2.75) is 49.9 Å². The highest BCUT2D eigenvalue weighted by Gasteiger charge is 2.50. The molecule has 0 bridgehead atoms. The summed E-state index contributed by atoms with van der Waals surface area (Å²) in [5, 5.41) is 17.5. The molecule has 2 saturated heterocycles. The van der Waals surface area contributed by atoms with E-state index in [1.165, 1.54) is 9.80 Å². The van der Waals surface area contributed by atoms with Crippen LogP contribution in [0.15, 0.2) is 23.5 Å². The molecule has 4 heterocycles. The molecule has 6 N–H and O–H groups in total. The van der Waals surface area contributed by atoms with Crippen LogP contribution in [0.2, 0.25) is 0 Å². The van der Waals surface area contributed by atoms with Gasteiger partial charge in [0.25, 0.3) is 0 Å². The van der Waals surface area contributed by atoms with Gasteiger partial charge >= 0.3 is 11.9 Å². The number of carbonyl (C=O) groups is 4. The fourth-order valence-electron chi connectivity index (χ4n) is 3.71. The second-order valence-corrected chi connectivity index (χ2v) is 6.55. The number of allylic oxidation sites excluding steroid dienone is 2. The molecular formula is C16H20N4O6. The predicted molar refractivity (Wildman–Crippen MR) is 87.1 cm³/mol. The van der Waals surface area contributed by atoms with Crippen molar-refractivity contribution in [1.29, 1.82) is 0 Å². The smallest absolute Gasteiger partial charge is 0.352 e. The fraction of sp³-hybridized carbons (Fsp3) is 0.500. The van der Waals surface area contributed by atoms with E-state index in [0.29, 0.717) is 12.8 Å². The Kier molecular flexibility index (Phi) is 4.55. The highest BCUT2D eigenvalue weighted by atomic mass is 16.4. The van der Waals surface area contributed by atoms with Gasteiger partial charge < -0.3 is 21.7 Å². The molecule has 0 aliphatic carbocycles. The number of fused-ring (bicyclic) bond motifs is 2. The van der Waals surface area contributed by atoms with Crippen LogP contribution in [0.1, 0.15) is 25.7 Å². The van der Waals surface area contributed by atoms with Crippen molar-refractivity contribution in [3.05, 3.63) is 23.5 Å². The minimum Gasteiger partial charge on any atom is -0.477 e. The van der Waals surface area contributed by atoms with E-state index in [0.717, 1.165) is 12.8 Å². The van der Waals surface area contributed by atoms with Crippen molar-refractivity contribution in [2.24, 2.45) is 11.5 Å². The maximum absolute atomic E-state index is 11.2. The van der Waals surface area contributed by atoms with Crippen LogP contribution in [-0.2, 0) is 19.2 Å². The molecule has 10 heteroatoms. The van der Waals surface area contributed by atoms with Gasteiger partial charge in [-0.05, 0) is 25.7 Å². The molecule has 0 saturated carbocycles. The van der Waals surface area contributed by atoms with E-state index in [4.69, 9.17) is 21.7 Å². The minimum absolute atomic E-state index is 0.0861. The predicted octanol–water partition coefficient (Wildman–Crippen LogP) is -1.43. The number of amides is 2. The first kappa shape index (κ1) is 18.1. The Bertz CT molecular complexity index is 683. The van der Waals surface area contributed by atoms with Crippen LogP contribution < -0.4 is 11.5 Å². The largest absolute Gasteiger partial charge is 0.477 e. The maximum atomic E-state index is 11.2. The Hall–Kier alpha value is -2.72. The van der Waals surface area contributed by atoms with Crippen LogP contribution in [0.3, 0.4) is 0 Å². The van der Waals surface area contributed by atoms with E-state index in [9.17, 15) is 19.2 Å². The number of nitrogens with zero attached hydrogens (tertiary/aromatic N) is 2. The van der Waals surface area contributed by atoms with Gasteiger partial charge in [0.2, 0.25) is 11.8 Å². The van der Waals surface area contributed by atoms with E-state index in [2.05, 4.69) is 0 Å². The molecule has 2 fully saturated rings. The minimum atomic E-state index is -1.05. The summed E-state index contributed by atoms with van der Waals surface area (Å²) in [6, 6.07) is -1.18. The highest BCUT2D eigenvalue weighted by Crippen LogP contribution is 2.32. The summed E-state index contributed by atoms with van der Waals surface area (Å²) in [7, 11) is 0. The van der Waals surface area contributed by atoms with Crippen LogP contribution in [0.5, 0.6) is 0 Å². The van der Waals surface area contributed by atoms with Crippen LogP contribution in [0.4, 0.5) is 0 Å². The van der Waals surface area contributed by atoms with Gasteiger partial charge in [-0.25, -0.2) is 9.59 Å². The molecule has 4 rings (SSSR count). The first-order chi connectivity index (χ1) is 12.3. The quantitative estimate of drug-likeness (QED) is 0.433. The maximum Gasteiger partial charge on any atom is 0.352 e. The summed E-state index contributed by atoms with van der Waals surface area (Å²) in [5.74, 6) is -2.66. The molecule has 0 aromatic carbocycles. The van der Waals surface area contributed by atoms with Crippen molar-refractivity contribution in [1.82, 2.24) is 9.80 Å². The Morgan fingerprint density at radius 3 is 1.50 bits per heavy atom. The summed E-state index contributed by atoms with van der Waals surface area (Å²) < 4.78 is 0. The van der Waals surface area contributed by atoms with Gasteiger partial charge in [0.05, 0.1) is 12.1 Å². The average molecular weight is 364 g/mol. The topological polar surface area (TPSA) is 167 Å². The van der Waals surface area contributed by atoms with Crippen LogP contribution in [-0.4, -0.2) is 67.9 Å². The number of rotatable bonds is 2. The molecule has 140 valence electrons. The number of hydrogen-bond donors (Lipinski definition) is 4. The van der Waals surface area contributed by atoms with Gasteiger partial charge in [-0.2, -0.15) is 0 Å². The lowest BCUT2D eigenvalue weighted by Crippen LogP contribution is -2.69. The molecular weight excluding hydrogens is 344 g/mol. The number of aliphatic carboxylic acids is 2. The molecule has 0 radical (unpaired) electrons. The summed E-state index contributed by atoms with van der Waals surface area (Å²) in [4.78, 5) is 46.4. The zero-order valence-electron chi connectivity index (χ0n) is 13.9. The van der Waals surface area contributed by atoms with Crippen molar-refractivity contribution in [3.63, 3.8) is 0 Å². The summed E-state index contributed by atoms with van der Waals surface area (Å²) >= 11 is 0. The molecule has 0 unspecified atom stereocenters. The number of carbonyl (C=O) groups excluding carboxylic acids is 2. The van der Waals surface area contributed by atoms with Crippen molar-refractivity contribution in [3.8, 4) is 0 Å². The number of carboxylic acids is 2. The van der Waals surface area contributed by atoms with Crippen LogP contribution in [0.25, 0.3) is 0 Å². The van der Waals surface area contributed by atoms with Crippen LogP contribution >= 0.6 is 0 Å². The lowest BCUT2D eigenvalue weighted by molar-refractivity contribution is -0.152. The Morgan fingerprint density at radius 1 is 0.846 bits per heavy atom. The Labute approximate surface area is 148 Å². The summed E-state index contributed by atoms with van der Waals surface area (Å²) in [6.07, 6.45) is 6.05. The van der Waals surface area contributed by atoms with E-state index in [-0.39, 0.29) is 35.3 Å². The zero-order chi connectivity index (χ0) is 19.2. The summed E-state index contributed by atoms with van der Waals surface area (Å²) in [5.41, 5.74) is 11.2. The molecule has 4 atom stereocenters.